The van der Waals surface area contributed by atoms with E-state index >= 15 is 0 Å². The zero-order chi connectivity index (χ0) is 13.7. The molecular weight excluding hydrogens is 284 g/mol. The highest BCUT2D eigenvalue weighted by molar-refractivity contribution is 7.89. The van der Waals surface area contributed by atoms with Crippen LogP contribution in [-0.4, -0.2) is 25.4 Å². The number of sulfonamides is 1. The SMILES string of the molecule is CNCc1ccc(S(=O)(=O)NCc2cscn2)nc1. The minimum Gasteiger partial charge on any atom is -0.316 e. The second kappa shape index (κ2) is 6.20. The van der Waals surface area contributed by atoms with Crippen LogP contribution in [-0.2, 0) is 23.1 Å². The van der Waals surface area contributed by atoms with Crippen molar-refractivity contribution in [3.05, 3.63) is 40.5 Å². The summed E-state index contributed by atoms with van der Waals surface area (Å²) in [7, 11) is -1.77. The Morgan fingerprint density at radius 3 is 2.68 bits per heavy atom. The van der Waals surface area contributed by atoms with E-state index in [4.69, 9.17) is 0 Å². The van der Waals surface area contributed by atoms with Gasteiger partial charge in [-0.1, -0.05) is 6.07 Å². The van der Waals surface area contributed by atoms with Crippen molar-refractivity contribution in [2.75, 3.05) is 7.05 Å². The number of rotatable bonds is 6. The van der Waals surface area contributed by atoms with Crippen LogP contribution in [0.2, 0.25) is 0 Å². The Bertz CT molecular complexity index is 609. The van der Waals surface area contributed by atoms with Gasteiger partial charge in [0.2, 0.25) is 0 Å². The van der Waals surface area contributed by atoms with Gasteiger partial charge in [0.1, 0.15) is 0 Å². The van der Waals surface area contributed by atoms with Gasteiger partial charge in [0, 0.05) is 18.1 Å². The molecule has 0 aromatic carbocycles. The van der Waals surface area contributed by atoms with Gasteiger partial charge in [-0.25, -0.2) is 23.1 Å². The second-order valence-corrected chi connectivity index (χ2v) is 6.27. The molecular formula is C11H14N4O2S2. The summed E-state index contributed by atoms with van der Waals surface area (Å²) in [6.45, 7) is 0.825. The first-order chi connectivity index (χ1) is 9.12. The van der Waals surface area contributed by atoms with Crippen LogP contribution in [0.5, 0.6) is 0 Å². The molecule has 2 heterocycles. The van der Waals surface area contributed by atoms with E-state index in [9.17, 15) is 8.42 Å². The van der Waals surface area contributed by atoms with E-state index < -0.39 is 10.0 Å². The molecule has 0 bridgehead atoms. The molecule has 2 aromatic heterocycles. The van der Waals surface area contributed by atoms with Crippen LogP contribution in [0, 0.1) is 0 Å². The average Bonchev–Trinajstić information content (AvgIpc) is 2.91. The molecule has 0 saturated heterocycles. The number of nitrogens with zero attached hydrogens (tertiary/aromatic N) is 2. The standard InChI is InChI=1S/C11H14N4O2S2/c1-12-4-9-2-3-11(13-5-9)19(16,17)15-6-10-7-18-8-14-10/h2-3,5,7-8,12,15H,4,6H2,1H3. The maximum Gasteiger partial charge on any atom is 0.258 e. The Balaban J connectivity index is 2.06. The maximum absolute atomic E-state index is 12.0. The summed E-state index contributed by atoms with van der Waals surface area (Å²) in [6, 6.07) is 3.23. The Hall–Kier alpha value is -1.35. The van der Waals surface area contributed by atoms with E-state index in [0.29, 0.717) is 12.2 Å². The minimum atomic E-state index is -3.58. The summed E-state index contributed by atoms with van der Waals surface area (Å²) in [5.74, 6) is 0. The van der Waals surface area contributed by atoms with Crippen LogP contribution < -0.4 is 10.0 Å². The highest BCUT2D eigenvalue weighted by Gasteiger charge is 2.15. The fraction of sp³-hybridized carbons (Fsp3) is 0.273. The summed E-state index contributed by atoms with van der Waals surface area (Å²) in [6.07, 6.45) is 1.55. The Labute approximate surface area is 116 Å². The molecule has 0 unspecified atom stereocenters. The molecule has 0 aliphatic rings. The van der Waals surface area contributed by atoms with Crippen molar-refractivity contribution in [1.82, 2.24) is 20.0 Å². The normalized spacial score (nSPS) is 11.6. The third-order valence-corrected chi connectivity index (χ3v) is 4.33. The van der Waals surface area contributed by atoms with E-state index in [1.165, 1.54) is 17.4 Å². The number of pyridine rings is 1. The van der Waals surface area contributed by atoms with Gasteiger partial charge in [0.15, 0.2) is 5.03 Å². The van der Waals surface area contributed by atoms with Crippen LogP contribution in [0.4, 0.5) is 0 Å². The number of hydrogen-bond acceptors (Lipinski definition) is 6. The van der Waals surface area contributed by atoms with Crippen molar-refractivity contribution in [1.29, 1.82) is 0 Å². The monoisotopic (exact) mass is 298 g/mol. The van der Waals surface area contributed by atoms with Gasteiger partial charge in [0.25, 0.3) is 10.0 Å². The third-order valence-electron chi connectivity index (χ3n) is 2.38. The summed E-state index contributed by atoms with van der Waals surface area (Å²) >= 11 is 1.42. The topological polar surface area (TPSA) is 84.0 Å². The van der Waals surface area contributed by atoms with Gasteiger partial charge < -0.3 is 5.32 Å². The predicted octanol–water partition coefficient (Wildman–Crippen LogP) is 0.736. The van der Waals surface area contributed by atoms with Crippen molar-refractivity contribution in [2.24, 2.45) is 0 Å². The predicted molar refractivity (Wildman–Crippen MR) is 73.1 cm³/mol. The lowest BCUT2D eigenvalue weighted by Gasteiger charge is -2.05. The maximum atomic E-state index is 12.0. The van der Waals surface area contributed by atoms with Crippen molar-refractivity contribution >= 4 is 21.4 Å². The Kier molecular flexibility index (Phi) is 4.59. The van der Waals surface area contributed by atoms with Crippen LogP contribution in [0.15, 0.2) is 34.2 Å². The molecule has 102 valence electrons. The molecule has 0 aliphatic heterocycles. The largest absolute Gasteiger partial charge is 0.316 e. The van der Waals surface area contributed by atoms with Gasteiger partial charge in [-0.3, -0.25) is 0 Å². The molecule has 2 aromatic rings. The first-order valence-corrected chi connectivity index (χ1v) is 8.00. The van der Waals surface area contributed by atoms with Gasteiger partial charge in [0.05, 0.1) is 17.7 Å². The molecule has 0 saturated carbocycles. The van der Waals surface area contributed by atoms with E-state index in [1.807, 2.05) is 7.05 Å². The number of aromatic nitrogens is 2. The zero-order valence-electron chi connectivity index (χ0n) is 10.3. The molecule has 0 aliphatic carbocycles. The molecule has 6 nitrogen and oxygen atoms in total. The van der Waals surface area contributed by atoms with E-state index in [2.05, 4.69) is 20.0 Å². The van der Waals surface area contributed by atoms with Gasteiger partial charge in [-0.05, 0) is 18.7 Å². The zero-order valence-corrected chi connectivity index (χ0v) is 12.0. The van der Waals surface area contributed by atoms with Crippen LogP contribution in [0.3, 0.4) is 0 Å². The molecule has 2 rings (SSSR count). The number of thiazole rings is 1. The summed E-state index contributed by atoms with van der Waals surface area (Å²) < 4.78 is 26.4. The van der Waals surface area contributed by atoms with Crippen LogP contribution in [0.1, 0.15) is 11.3 Å². The summed E-state index contributed by atoms with van der Waals surface area (Å²) in [5.41, 5.74) is 3.29. The third kappa shape index (κ3) is 3.80. The summed E-state index contributed by atoms with van der Waals surface area (Å²) in [4.78, 5) is 7.97. The lowest BCUT2D eigenvalue weighted by Crippen LogP contribution is -2.24. The lowest BCUT2D eigenvalue weighted by molar-refractivity contribution is 0.576. The summed E-state index contributed by atoms with van der Waals surface area (Å²) in [5, 5.41) is 4.79. The fourth-order valence-electron chi connectivity index (χ4n) is 1.45. The minimum absolute atomic E-state index is 0.0163. The lowest BCUT2D eigenvalue weighted by atomic mass is 10.3. The molecule has 19 heavy (non-hydrogen) atoms. The smallest absolute Gasteiger partial charge is 0.258 e. The average molecular weight is 298 g/mol. The van der Waals surface area contributed by atoms with Crippen molar-refractivity contribution < 1.29 is 8.42 Å². The van der Waals surface area contributed by atoms with Crippen molar-refractivity contribution in [2.45, 2.75) is 18.1 Å². The molecule has 0 atom stereocenters. The molecule has 0 spiro atoms. The molecule has 2 N–H and O–H groups in total. The van der Waals surface area contributed by atoms with Gasteiger partial charge in [-0.15, -0.1) is 11.3 Å². The van der Waals surface area contributed by atoms with E-state index in [-0.39, 0.29) is 11.6 Å². The number of nitrogens with one attached hydrogen (secondary N) is 2. The van der Waals surface area contributed by atoms with Crippen molar-refractivity contribution in [3.8, 4) is 0 Å². The van der Waals surface area contributed by atoms with Crippen molar-refractivity contribution in [3.63, 3.8) is 0 Å². The first kappa shape index (κ1) is 14.1. The molecule has 8 heteroatoms. The Morgan fingerprint density at radius 1 is 1.26 bits per heavy atom. The van der Waals surface area contributed by atoms with Gasteiger partial charge in [-0.2, -0.15) is 0 Å². The first-order valence-electron chi connectivity index (χ1n) is 5.58. The molecule has 0 fully saturated rings. The highest BCUT2D eigenvalue weighted by Crippen LogP contribution is 2.08. The highest BCUT2D eigenvalue weighted by atomic mass is 32.2. The van der Waals surface area contributed by atoms with E-state index in [1.54, 1.807) is 23.2 Å². The fourth-order valence-corrected chi connectivity index (χ4v) is 2.93. The van der Waals surface area contributed by atoms with Gasteiger partial charge >= 0.3 is 0 Å². The number of hydrogen-bond donors (Lipinski definition) is 2. The van der Waals surface area contributed by atoms with E-state index in [0.717, 1.165) is 5.56 Å². The molecule has 0 radical (unpaired) electrons. The Morgan fingerprint density at radius 2 is 2.11 bits per heavy atom. The van der Waals surface area contributed by atoms with Crippen LogP contribution >= 0.6 is 11.3 Å². The second-order valence-electron chi connectivity index (χ2n) is 3.84. The van der Waals surface area contributed by atoms with Crippen LogP contribution in [0.25, 0.3) is 0 Å². The molecule has 0 amide bonds. The quantitative estimate of drug-likeness (QED) is 0.821.